The van der Waals surface area contributed by atoms with Crippen molar-refractivity contribution in [1.29, 1.82) is 0 Å². The second-order valence-corrected chi connectivity index (χ2v) is 8.81. The Kier molecular flexibility index (Phi) is 8.71. The Morgan fingerprint density at radius 1 is 0.917 bits per heavy atom. The van der Waals surface area contributed by atoms with Gasteiger partial charge in [-0.3, -0.25) is 24.0 Å². The number of amides is 1. The first-order valence-corrected chi connectivity index (χ1v) is 11.6. The van der Waals surface area contributed by atoms with E-state index in [1.807, 2.05) is 0 Å². The maximum absolute atomic E-state index is 12.6. The van der Waals surface area contributed by atoms with E-state index in [1.54, 1.807) is 42.5 Å². The Bertz CT molecular complexity index is 1190. The van der Waals surface area contributed by atoms with Gasteiger partial charge in [0.1, 0.15) is 24.4 Å². The van der Waals surface area contributed by atoms with Crippen molar-refractivity contribution in [2.75, 3.05) is 0 Å². The van der Waals surface area contributed by atoms with Crippen LogP contribution in [0, 0.1) is 0 Å². The molecule has 0 unspecified atom stereocenters. The Hall–Kier alpha value is -3.85. The van der Waals surface area contributed by atoms with Gasteiger partial charge in [0.15, 0.2) is 0 Å². The maximum atomic E-state index is 12.6. The van der Waals surface area contributed by atoms with Crippen LogP contribution in [0.2, 0.25) is 5.02 Å². The lowest BCUT2D eigenvalue weighted by molar-refractivity contribution is -0.234. The van der Waals surface area contributed by atoms with Crippen LogP contribution in [-0.4, -0.2) is 35.1 Å². The zero-order valence-corrected chi connectivity index (χ0v) is 20.6. The lowest BCUT2D eigenvalue weighted by Gasteiger charge is -2.34. The third kappa shape index (κ3) is 7.08. The fraction of sp³-hybridized carbons (Fsp3) is 0.308. The molecule has 188 valence electrons. The first-order chi connectivity index (χ1) is 17.1. The molecule has 2 aromatic carbocycles. The molecule has 0 spiro atoms. The van der Waals surface area contributed by atoms with Crippen LogP contribution in [0.3, 0.4) is 0 Å². The molecule has 0 aromatic heterocycles. The molecule has 2 aromatic rings. The predicted octanol–water partition coefficient (Wildman–Crippen LogP) is 3.39. The number of ether oxygens (including phenoxy) is 2. The number of hydrogen-bond donors (Lipinski definition) is 1. The molecule has 0 saturated heterocycles. The van der Waals surface area contributed by atoms with Gasteiger partial charge in [0.2, 0.25) is 5.91 Å². The number of carbonyl (C=O) groups is 5. The number of carbonyl (C=O) groups excluding carboxylic acids is 5. The summed E-state index contributed by atoms with van der Waals surface area (Å²) in [7, 11) is 0. The smallest absolute Gasteiger partial charge is 0.316 e. The van der Waals surface area contributed by atoms with Crippen molar-refractivity contribution in [2.24, 2.45) is 5.10 Å². The van der Waals surface area contributed by atoms with Crippen molar-refractivity contribution in [3.05, 3.63) is 70.2 Å². The van der Waals surface area contributed by atoms with Crippen molar-refractivity contribution in [3.63, 3.8) is 0 Å². The number of nitrogens with zero attached hydrogens (tertiary/aromatic N) is 1. The number of rotatable bonds is 10. The van der Waals surface area contributed by atoms with E-state index in [2.05, 4.69) is 10.5 Å². The van der Waals surface area contributed by atoms with Gasteiger partial charge in [-0.05, 0) is 37.1 Å². The molecule has 0 aliphatic carbocycles. The van der Waals surface area contributed by atoms with E-state index in [0.717, 1.165) is 5.56 Å². The Balaban J connectivity index is 2.02. The Morgan fingerprint density at radius 3 is 2.00 bits per heavy atom. The van der Waals surface area contributed by atoms with Crippen molar-refractivity contribution in [1.82, 2.24) is 5.43 Å². The topological polar surface area (TPSA) is 128 Å². The van der Waals surface area contributed by atoms with E-state index in [4.69, 9.17) is 21.1 Å². The van der Waals surface area contributed by atoms with Crippen LogP contribution in [-0.2, 0) is 45.7 Å². The van der Waals surface area contributed by atoms with Crippen molar-refractivity contribution in [2.45, 2.75) is 51.7 Å². The van der Waals surface area contributed by atoms with Crippen molar-refractivity contribution >= 4 is 46.7 Å². The highest BCUT2D eigenvalue weighted by molar-refractivity contribution is 6.31. The summed E-state index contributed by atoms with van der Waals surface area (Å²) in [5, 5.41) is 4.24. The highest BCUT2D eigenvalue weighted by Gasteiger charge is 2.43. The number of hydrogen-bond acceptors (Lipinski definition) is 8. The number of Topliss-reactive ketones (excluding diaryl/α,β-unsaturated/α-hetero) is 2. The van der Waals surface area contributed by atoms with Crippen molar-refractivity contribution in [3.8, 4) is 0 Å². The van der Waals surface area contributed by atoms with Gasteiger partial charge in [-0.15, -0.1) is 0 Å². The molecule has 0 bridgehead atoms. The summed E-state index contributed by atoms with van der Waals surface area (Å²) in [6.07, 6.45) is -0.413. The van der Waals surface area contributed by atoms with E-state index >= 15 is 0 Å². The zero-order chi connectivity index (χ0) is 26.3. The van der Waals surface area contributed by atoms with E-state index in [9.17, 15) is 24.0 Å². The number of esters is 2. The first-order valence-electron chi connectivity index (χ1n) is 11.2. The predicted molar refractivity (Wildman–Crippen MR) is 130 cm³/mol. The summed E-state index contributed by atoms with van der Waals surface area (Å²) in [5.74, 6) is -4.89. The number of hydrazone groups is 1. The van der Waals surface area contributed by atoms with Crippen LogP contribution < -0.4 is 5.43 Å². The standard InChI is InChI=1S/C26H25ClN2O7/c1-16(30)13-24(33)35-26(36-25(34)14-17(2)31,20-5-3-4-6-21(20)27)15-18-7-9-19(10-8-18)22-11-12-23(32)29-28-22/h3-10H,11-15H2,1-2H3,(H,29,32). The molecule has 9 nitrogen and oxygen atoms in total. The fourth-order valence-corrected chi connectivity index (χ4v) is 3.96. The molecule has 3 rings (SSSR count). The molecular weight excluding hydrogens is 488 g/mol. The van der Waals surface area contributed by atoms with Gasteiger partial charge in [0.05, 0.1) is 22.7 Å². The van der Waals surface area contributed by atoms with Crippen molar-refractivity contribution < 1.29 is 33.4 Å². The van der Waals surface area contributed by atoms with Crippen LogP contribution >= 0.6 is 11.6 Å². The summed E-state index contributed by atoms with van der Waals surface area (Å²) >= 11 is 6.43. The number of benzene rings is 2. The Morgan fingerprint density at radius 2 is 1.50 bits per heavy atom. The average Bonchev–Trinajstić information content (AvgIpc) is 2.79. The van der Waals surface area contributed by atoms with E-state index in [-0.39, 0.29) is 22.9 Å². The molecule has 1 aliphatic heterocycles. The molecule has 1 aliphatic rings. The monoisotopic (exact) mass is 512 g/mol. The molecule has 1 N–H and O–H groups in total. The average molecular weight is 513 g/mol. The number of ketones is 2. The highest BCUT2D eigenvalue weighted by atomic mass is 35.5. The normalized spacial score (nSPS) is 13.3. The number of nitrogens with one attached hydrogen (secondary N) is 1. The SMILES string of the molecule is CC(=O)CC(=O)OC(Cc1ccc(C2=NNC(=O)CC2)cc1)(OC(=O)CC(C)=O)c1ccccc1Cl. The van der Waals surface area contributed by atoms with Crippen LogP contribution in [0.1, 0.15) is 56.2 Å². The Labute approximate surface area is 212 Å². The van der Waals surface area contributed by atoms with E-state index in [1.165, 1.54) is 19.9 Å². The molecular formula is C26H25ClN2O7. The molecule has 36 heavy (non-hydrogen) atoms. The van der Waals surface area contributed by atoms with Gasteiger partial charge in [0.25, 0.3) is 5.79 Å². The zero-order valence-electron chi connectivity index (χ0n) is 19.8. The largest absolute Gasteiger partial charge is 0.417 e. The van der Waals surface area contributed by atoms with Crippen LogP contribution in [0.5, 0.6) is 0 Å². The van der Waals surface area contributed by atoms with Gasteiger partial charge in [-0.2, -0.15) is 5.10 Å². The van der Waals surface area contributed by atoms with Gasteiger partial charge in [-0.25, -0.2) is 5.43 Å². The molecule has 0 radical (unpaired) electrons. The van der Waals surface area contributed by atoms with Gasteiger partial charge >= 0.3 is 11.9 Å². The minimum absolute atomic E-state index is 0.145. The fourth-order valence-electron chi connectivity index (χ4n) is 3.68. The summed E-state index contributed by atoms with van der Waals surface area (Å²) in [6.45, 7) is 2.46. The third-order valence-corrected chi connectivity index (χ3v) is 5.59. The van der Waals surface area contributed by atoms with Crippen LogP contribution in [0.15, 0.2) is 53.6 Å². The summed E-state index contributed by atoms with van der Waals surface area (Å²) < 4.78 is 11.3. The van der Waals surface area contributed by atoms with Crippen LogP contribution in [0.25, 0.3) is 0 Å². The molecule has 1 amide bonds. The molecule has 0 fully saturated rings. The molecule has 10 heteroatoms. The highest BCUT2D eigenvalue weighted by Crippen LogP contribution is 2.37. The van der Waals surface area contributed by atoms with E-state index < -0.39 is 42.1 Å². The van der Waals surface area contributed by atoms with Gasteiger partial charge in [0, 0.05) is 12.8 Å². The summed E-state index contributed by atoms with van der Waals surface area (Å²) in [6, 6.07) is 13.4. The molecule has 0 saturated carbocycles. The third-order valence-electron chi connectivity index (χ3n) is 5.26. The van der Waals surface area contributed by atoms with Gasteiger partial charge < -0.3 is 9.47 Å². The molecule has 1 heterocycles. The quantitative estimate of drug-likeness (QED) is 0.293. The lowest BCUT2D eigenvalue weighted by atomic mass is 9.95. The minimum atomic E-state index is -2.03. The number of halogens is 1. The maximum Gasteiger partial charge on any atom is 0.316 e. The summed E-state index contributed by atoms with van der Waals surface area (Å²) in [4.78, 5) is 59.8. The van der Waals surface area contributed by atoms with Gasteiger partial charge in [-0.1, -0.05) is 48.0 Å². The summed E-state index contributed by atoms with van der Waals surface area (Å²) in [5.41, 5.74) is 4.73. The second kappa shape index (κ2) is 11.7. The minimum Gasteiger partial charge on any atom is -0.417 e. The van der Waals surface area contributed by atoms with E-state index in [0.29, 0.717) is 24.1 Å². The second-order valence-electron chi connectivity index (χ2n) is 8.41. The lowest BCUT2D eigenvalue weighted by Crippen LogP contribution is -2.40. The molecule has 0 atom stereocenters. The first kappa shape index (κ1) is 26.7. The van der Waals surface area contributed by atoms with Crippen LogP contribution in [0.4, 0.5) is 0 Å².